The van der Waals surface area contributed by atoms with Crippen molar-refractivity contribution in [1.29, 1.82) is 5.26 Å². The van der Waals surface area contributed by atoms with Gasteiger partial charge in [-0.3, -0.25) is 4.79 Å². The summed E-state index contributed by atoms with van der Waals surface area (Å²) in [7, 11) is 0. The van der Waals surface area contributed by atoms with Gasteiger partial charge in [0.15, 0.2) is 0 Å². The number of nitriles is 1. The molecule has 1 N–H and O–H groups in total. The van der Waals surface area contributed by atoms with Gasteiger partial charge >= 0.3 is 0 Å². The monoisotopic (exact) mass is 314 g/mol. The minimum absolute atomic E-state index is 0.0671. The standard InChI is InChI=1S/C16H18N4OS/c1-2-3-4-15-19-20-16(22-15)18-14(21)10-9-12-5-7-13(11-17)8-6-12/h5-8H,2-4,9-10H2,1H3,(H,18,20,21). The fourth-order valence-electron chi connectivity index (χ4n) is 1.92. The van der Waals surface area contributed by atoms with E-state index in [0.717, 1.165) is 29.8 Å². The second-order valence-corrected chi connectivity index (χ2v) is 6.02. The summed E-state index contributed by atoms with van der Waals surface area (Å²) in [6.07, 6.45) is 4.14. The molecule has 2 rings (SSSR count). The van der Waals surface area contributed by atoms with Crippen molar-refractivity contribution >= 4 is 22.4 Å². The van der Waals surface area contributed by atoms with E-state index in [2.05, 4.69) is 28.5 Å². The fraction of sp³-hybridized carbons (Fsp3) is 0.375. The summed E-state index contributed by atoms with van der Waals surface area (Å²) in [6.45, 7) is 2.13. The number of anilines is 1. The lowest BCUT2D eigenvalue weighted by molar-refractivity contribution is -0.116. The lowest BCUT2D eigenvalue weighted by Gasteiger charge is -2.02. The SMILES string of the molecule is CCCCc1nnc(NC(=O)CCc2ccc(C#N)cc2)s1. The topological polar surface area (TPSA) is 78.7 Å². The van der Waals surface area contributed by atoms with Crippen molar-refractivity contribution in [2.75, 3.05) is 5.32 Å². The predicted octanol–water partition coefficient (Wildman–Crippen LogP) is 3.32. The van der Waals surface area contributed by atoms with Crippen molar-refractivity contribution in [3.05, 3.63) is 40.4 Å². The summed E-state index contributed by atoms with van der Waals surface area (Å²) in [6, 6.07) is 9.35. The quantitative estimate of drug-likeness (QED) is 0.850. The Balaban J connectivity index is 1.79. The van der Waals surface area contributed by atoms with Crippen LogP contribution in [0.4, 0.5) is 5.13 Å². The van der Waals surface area contributed by atoms with Crippen molar-refractivity contribution in [1.82, 2.24) is 10.2 Å². The van der Waals surface area contributed by atoms with Crippen LogP contribution in [0.1, 0.15) is 42.3 Å². The Kier molecular flexibility index (Phi) is 6.04. The molecule has 0 spiro atoms. The zero-order valence-corrected chi connectivity index (χ0v) is 13.3. The second kappa shape index (κ2) is 8.25. The fourth-order valence-corrected chi connectivity index (χ4v) is 2.72. The van der Waals surface area contributed by atoms with Crippen LogP contribution in [0.25, 0.3) is 0 Å². The molecule has 0 saturated heterocycles. The Morgan fingerprint density at radius 2 is 2.05 bits per heavy atom. The molecule has 1 heterocycles. The van der Waals surface area contributed by atoms with Crippen LogP contribution in [0.5, 0.6) is 0 Å². The summed E-state index contributed by atoms with van der Waals surface area (Å²) in [5, 5.41) is 21.1. The number of carbonyl (C=O) groups excluding carboxylic acids is 1. The van der Waals surface area contributed by atoms with Gasteiger partial charge in [-0.2, -0.15) is 5.26 Å². The minimum Gasteiger partial charge on any atom is -0.301 e. The Morgan fingerprint density at radius 1 is 1.27 bits per heavy atom. The van der Waals surface area contributed by atoms with Gasteiger partial charge in [0.1, 0.15) is 5.01 Å². The molecule has 1 amide bonds. The van der Waals surface area contributed by atoms with Gasteiger partial charge in [0.25, 0.3) is 0 Å². The van der Waals surface area contributed by atoms with E-state index in [1.165, 1.54) is 11.3 Å². The van der Waals surface area contributed by atoms with Crippen LogP contribution >= 0.6 is 11.3 Å². The van der Waals surface area contributed by atoms with E-state index in [1.54, 1.807) is 12.1 Å². The van der Waals surface area contributed by atoms with E-state index in [-0.39, 0.29) is 5.91 Å². The first-order valence-corrected chi connectivity index (χ1v) is 8.14. The first-order valence-electron chi connectivity index (χ1n) is 7.32. The molecule has 0 bridgehead atoms. The number of aryl methyl sites for hydroxylation is 2. The van der Waals surface area contributed by atoms with Crippen LogP contribution < -0.4 is 5.32 Å². The van der Waals surface area contributed by atoms with E-state index in [0.29, 0.717) is 23.5 Å². The Hall–Kier alpha value is -2.26. The third-order valence-corrected chi connectivity index (χ3v) is 4.08. The summed E-state index contributed by atoms with van der Waals surface area (Å²) < 4.78 is 0. The molecule has 0 aliphatic heterocycles. The maximum Gasteiger partial charge on any atom is 0.226 e. The van der Waals surface area contributed by atoms with Crippen LogP contribution in [-0.2, 0) is 17.6 Å². The molecule has 114 valence electrons. The average molecular weight is 314 g/mol. The third kappa shape index (κ3) is 4.93. The zero-order chi connectivity index (χ0) is 15.8. The molecule has 1 aromatic heterocycles. The lowest BCUT2D eigenvalue weighted by Crippen LogP contribution is -2.12. The van der Waals surface area contributed by atoms with E-state index < -0.39 is 0 Å². The number of aromatic nitrogens is 2. The normalized spacial score (nSPS) is 10.2. The minimum atomic E-state index is -0.0671. The molecule has 0 radical (unpaired) electrons. The lowest BCUT2D eigenvalue weighted by atomic mass is 10.1. The summed E-state index contributed by atoms with van der Waals surface area (Å²) >= 11 is 1.44. The molecule has 0 saturated carbocycles. The number of hydrogen-bond acceptors (Lipinski definition) is 5. The van der Waals surface area contributed by atoms with Crippen LogP contribution in [0, 0.1) is 11.3 Å². The van der Waals surface area contributed by atoms with Crippen LogP contribution in [0.3, 0.4) is 0 Å². The Labute approximate surface area is 134 Å². The summed E-state index contributed by atoms with van der Waals surface area (Å²) in [5.41, 5.74) is 1.66. The molecule has 0 aliphatic carbocycles. The molecule has 0 atom stereocenters. The molecular formula is C16H18N4OS. The first-order chi connectivity index (χ1) is 10.7. The molecule has 0 aliphatic rings. The molecule has 0 unspecified atom stereocenters. The zero-order valence-electron chi connectivity index (χ0n) is 12.5. The number of nitrogens with one attached hydrogen (secondary N) is 1. The molecule has 0 fully saturated rings. The second-order valence-electron chi connectivity index (χ2n) is 4.96. The van der Waals surface area contributed by atoms with E-state index in [1.807, 2.05) is 12.1 Å². The van der Waals surface area contributed by atoms with E-state index in [9.17, 15) is 4.79 Å². The Bertz CT molecular complexity index is 658. The van der Waals surface area contributed by atoms with Crippen molar-refractivity contribution in [2.45, 2.75) is 39.0 Å². The molecule has 2 aromatic rings. The van der Waals surface area contributed by atoms with Crippen molar-refractivity contribution in [3.63, 3.8) is 0 Å². The van der Waals surface area contributed by atoms with Gasteiger partial charge in [-0.05, 0) is 30.5 Å². The van der Waals surface area contributed by atoms with Gasteiger partial charge in [-0.25, -0.2) is 0 Å². The average Bonchev–Trinajstić information content (AvgIpc) is 2.98. The Morgan fingerprint density at radius 3 is 2.73 bits per heavy atom. The van der Waals surface area contributed by atoms with Crippen LogP contribution in [0.2, 0.25) is 0 Å². The number of benzene rings is 1. The number of amides is 1. The summed E-state index contributed by atoms with van der Waals surface area (Å²) in [5.74, 6) is -0.0671. The molecule has 22 heavy (non-hydrogen) atoms. The van der Waals surface area contributed by atoms with Crippen molar-refractivity contribution in [2.24, 2.45) is 0 Å². The number of nitrogens with zero attached hydrogens (tertiary/aromatic N) is 3. The number of unbranched alkanes of at least 4 members (excludes halogenated alkanes) is 1. The third-order valence-electron chi connectivity index (χ3n) is 3.18. The van der Waals surface area contributed by atoms with Crippen LogP contribution in [-0.4, -0.2) is 16.1 Å². The maximum absolute atomic E-state index is 11.9. The highest BCUT2D eigenvalue weighted by molar-refractivity contribution is 7.15. The highest BCUT2D eigenvalue weighted by Crippen LogP contribution is 2.17. The largest absolute Gasteiger partial charge is 0.301 e. The van der Waals surface area contributed by atoms with Crippen LogP contribution in [0.15, 0.2) is 24.3 Å². The number of rotatable bonds is 7. The van der Waals surface area contributed by atoms with Crippen molar-refractivity contribution in [3.8, 4) is 6.07 Å². The highest BCUT2D eigenvalue weighted by Gasteiger charge is 2.08. The molecule has 6 heteroatoms. The van der Waals surface area contributed by atoms with Crippen molar-refractivity contribution < 1.29 is 4.79 Å². The smallest absolute Gasteiger partial charge is 0.226 e. The van der Waals surface area contributed by atoms with E-state index in [4.69, 9.17) is 5.26 Å². The van der Waals surface area contributed by atoms with Gasteiger partial charge in [-0.15, -0.1) is 10.2 Å². The van der Waals surface area contributed by atoms with E-state index >= 15 is 0 Å². The van der Waals surface area contributed by atoms with Gasteiger partial charge in [0.2, 0.25) is 11.0 Å². The summed E-state index contributed by atoms with van der Waals surface area (Å²) in [4.78, 5) is 11.9. The van der Waals surface area contributed by atoms with Gasteiger partial charge in [0.05, 0.1) is 11.6 Å². The molecular weight excluding hydrogens is 296 g/mol. The number of hydrogen-bond donors (Lipinski definition) is 1. The maximum atomic E-state index is 11.9. The first kappa shape index (κ1) is 16.1. The molecule has 5 nitrogen and oxygen atoms in total. The predicted molar refractivity (Wildman–Crippen MR) is 86.6 cm³/mol. The number of carbonyl (C=O) groups is 1. The van der Waals surface area contributed by atoms with Gasteiger partial charge < -0.3 is 5.32 Å². The van der Waals surface area contributed by atoms with Gasteiger partial charge in [-0.1, -0.05) is 36.8 Å². The molecule has 1 aromatic carbocycles. The van der Waals surface area contributed by atoms with Gasteiger partial charge in [0, 0.05) is 12.8 Å². The highest BCUT2D eigenvalue weighted by atomic mass is 32.1.